The first-order chi connectivity index (χ1) is 8.40. The van der Waals surface area contributed by atoms with Crippen molar-refractivity contribution in [2.24, 2.45) is 0 Å². The third-order valence-electron chi connectivity index (χ3n) is 2.94. The van der Waals surface area contributed by atoms with Crippen LogP contribution in [-0.4, -0.2) is 30.9 Å². The summed E-state index contributed by atoms with van der Waals surface area (Å²) in [6.45, 7) is 1.94. The molecule has 1 aromatic carbocycles. The van der Waals surface area contributed by atoms with Gasteiger partial charge in [-0.2, -0.15) is 0 Å². The molecule has 1 aromatic rings. The maximum Gasteiger partial charge on any atom is 0.122 e. The van der Waals surface area contributed by atoms with Crippen LogP contribution in [0.1, 0.15) is 24.8 Å². The van der Waals surface area contributed by atoms with Gasteiger partial charge in [0, 0.05) is 12.6 Å². The fourth-order valence-electron chi connectivity index (χ4n) is 1.82. The van der Waals surface area contributed by atoms with Crippen LogP contribution in [-0.2, 0) is 6.42 Å². The Labute approximate surface area is 103 Å². The molecule has 1 aliphatic rings. The van der Waals surface area contributed by atoms with Crippen molar-refractivity contribution in [2.75, 3.05) is 19.8 Å². The van der Waals surface area contributed by atoms with Crippen molar-refractivity contribution in [1.29, 1.82) is 0 Å². The number of aliphatic hydroxyl groups excluding tert-OH is 1. The summed E-state index contributed by atoms with van der Waals surface area (Å²) < 4.78 is 5.74. The molecule has 17 heavy (non-hydrogen) atoms. The summed E-state index contributed by atoms with van der Waals surface area (Å²) >= 11 is 0. The van der Waals surface area contributed by atoms with E-state index in [0.29, 0.717) is 6.42 Å². The van der Waals surface area contributed by atoms with Gasteiger partial charge in [0.2, 0.25) is 0 Å². The quantitative estimate of drug-likeness (QED) is 0.674. The van der Waals surface area contributed by atoms with E-state index in [1.54, 1.807) is 0 Å². The van der Waals surface area contributed by atoms with Gasteiger partial charge in [-0.25, -0.2) is 0 Å². The Morgan fingerprint density at radius 3 is 2.88 bits per heavy atom. The summed E-state index contributed by atoms with van der Waals surface area (Å²) in [4.78, 5) is 0. The Bertz CT molecular complexity index is 337. The Morgan fingerprint density at radius 2 is 2.12 bits per heavy atom. The number of benzene rings is 1. The average molecular weight is 235 g/mol. The van der Waals surface area contributed by atoms with Gasteiger partial charge in [-0.3, -0.25) is 0 Å². The highest BCUT2D eigenvalue weighted by molar-refractivity contribution is 5.33. The first kappa shape index (κ1) is 12.4. The molecule has 1 saturated carbocycles. The minimum atomic E-state index is 0.170. The molecular formula is C14H21NO2. The zero-order valence-corrected chi connectivity index (χ0v) is 10.2. The normalized spacial score (nSPS) is 14.9. The van der Waals surface area contributed by atoms with Crippen molar-refractivity contribution in [3.05, 3.63) is 29.8 Å². The van der Waals surface area contributed by atoms with Crippen LogP contribution < -0.4 is 10.1 Å². The molecule has 1 aliphatic carbocycles. The Hall–Kier alpha value is -1.06. The van der Waals surface area contributed by atoms with Crippen molar-refractivity contribution in [3.63, 3.8) is 0 Å². The van der Waals surface area contributed by atoms with Gasteiger partial charge in [0.25, 0.3) is 0 Å². The van der Waals surface area contributed by atoms with E-state index in [1.807, 2.05) is 24.3 Å². The molecule has 3 heteroatoms. The Kier molecular flexibility index (Phi) is 4.83. The van der Waals surface area contributed by atoms with Gasteiger partial charge < -0.3 is 15.2 Å². The standard InChI is InChI=1S/C14H21NO2/c16-10-8-12-4-1-2-5-14(12)17-11-3-9-15-13-6-7-13/h1-2,4-5,13,15-16H,3,6-11H2. The van der Waals surface area contributed by atoms with Crippen molar-refractivity contribution in [2.45, 2.75) is 31.7 Å². The lowest BCUT2D eigenvalue weighted by Gasteiger charge is -2.10. The third kappa shape index (κ3) is 4.36. The average Bonchev–Trinajstić information content (AvgIpc) is 3.15. The number of ether oxygens (including phenoxy) is 1. The summed E-state index contributed by atoms with van der Waals surface area (Å²) in [5.41, 5.74) is 1.09. The van der Waals surface area contributed by atoms with Crippen LogP contribution in [0.3, 0.4) is 0 Å². The molecule has 0 bridgehead atoms. The van der Waals surface area contributed by atoms with E-state index < -0.39 is 0 Å². The van der Waals surface area contributed by atoms with E-state index in [9.17, 15) is 0 Å². The molecule has 0 saturated heterocycles. The second-order valence-corrected chi connectivity index (χ2v) is 4.51. The zero-order chi connectivity index (χ0) is 11.9. The van der Waals surface area contributed by atoms with Crippen LogP contribution >= 0.6 is 0 Å². The Morgan fingerprint density at radius 1 is 1.29 bits per heavy atom. The van der Waals surface area contributed by atoms with Gasteiger partial charge >= 0.3 is 0 Å². The maximum atomic E-state index is 8.96. The lowest BCUT2D eigenvalue weighted by atomic mass is 10.1. The van der Waals surface area contributed by atoms with E-state index in [0.717, 1.165) is 36.9 Å². The summed E-state index contributed by atoms with van der Waals surface area (Å²) in [5, 5.41) is 12.4. The number of para-hydroxylation sites is 1. The molecule has 0 amide bonds. The fourth-order valence-corrected chi connectivity index (χ4v) is 1.82. The monoisotopic (exact) mass is 235 g/mol. The van der Waals surface area contributed by atoms with Gasteiger partial charge in [0.05, 0.1) is 6.61 Å². The molecule has 0 atom stereocenters. The first-order valence-electron chi connectivity index (χ1n) is 6.45. The van der Waals surface area contributed by atoms with Crippen molar-refractivity contribution >= 4 is 0 Å². The minimum Gasteiger partial charge on any atom is -0.493 e. The minimum absolute atomic E-state index is 0.170. The van der Waals surface area contributed by atoms with Crippen LogP contribution in [0, 0.1) is 0 Å². The molecule has 2 rings (SSSR count). The lowest BCUT2D eigenvalue weighted by molar-refractivity contribution is 0.285. The van der Waals surface area contributed by atoms with Crippen molar-refractivity contribution in [1.82, 2.24) is 5.32 Å². The van der Waals surface area contributed by atoms with Crippen LogP contribution in [0.2, 0.25) is 0 Å². The largest absolute Gasteiger partial charge is 0.493 e. The van der Waals surface area contributed by atoms with Crippen LogP contribution in [0.4, 0.5) is 0 Å². The summed E-state index contributed by atoms with van der Waals surface area (Å²) in [6.07, 6.45) is 4.36. The van der Waals surface area contributed by atoms with Gasteiger partial charge in [0.15, 0.2) is 0 Å². The van der Waals surface area contributed by atoms with Gasteiger partial charge in [-0.1, -0.05) is 18.2 Å². The van der Waals surface area contributed by atoms with Crippen molar-refractivity contribution < 1.29 is 9.84 Å². The van der Waals surface area contributed by atoms with Crippen LogP contribution in [0.25, 0.3) is 0 Å². The highest BCUT2D eigenvalue weighted by Gasteiger charge is 2.19. The predicted octanol–water partition coefficient (Wildman–Crippen LogP) is 1.74. The number of hydrogen-bond acceptors (Lipinski definition) is 3. The molecule has 94 valence electrons. The molecule has 0 heterocycles. The maximum absolute atomic E-state index is 8.96. The highest BCUT2D eigenvalue weighted by atomic mass is 16.5. The van der Waals surface area contributed by atoms with E-state index in [1.165, 1.54) is 12.8 Å². The molecule has 0 aromatic heterocycles. The summed E-state index contributed by atoms with van der Waals surface area (Å²) in [6, 6.07) is 8.70. The molecule has 0 unspecified atom stereocenters. The van der Waals surface area contributed by atoms with Crippen LogP contribution in [0.15, 0.2) is 24.3 Å². The van der Waals surface area contributed by atoms with Crippen molar-refractivity contribution in [3.8, 4) is 5.75 Å². The predicted molar refractivity (Wildman–Crippen MR) is 68.4 cm³/mol. The van der Waals surface area contributed by atoms with E-state index in [2.05, 4.69) is 5.32 Å². The lowest BCUT2D eigenvalue weighted by Crippen LogP contribution is -2.19. The number of nitrogens with one attached hydrogen (secondary N) is 1. The molecule has 0 aliphatic heterocycles. The van der Waals surface area contributed by atoms with Gasteiger partial charge in [-0.15, -0.1) is 0 Å². The van der Waals surface area contributed by atoms with E-state index in [4.69, 9.17) is 9.84 Å². The molecule has 0 spiro atoms. The topological polar surface area (TPSA) is 41.5 Å². The smallest absolute Gasteiger partial charge is 0.122 e. The number of aliphatic hydroxyl groups is 1. The van der Waals surface area contributed by atoms with Crippen LogP contribution in [0.5, 0.6) is 5.75 Å². The third-order valence-corrected chi connectivity index (χ3v) is 2.94. The molecule has 1 fully saturated rings. The molecule has 3 nitrogen and oxygen atoms in total. The Balaban J connectivity index is 1.69. The van der Waals surface area contributed by atoms with Gasteiger partial charge in [-0.05, 0) is 43.9 Å². The zero-order valence-electron chi connectivity index (χ0n) is 10.2. The number of rotatable bonds is 8. The fraction of sp³-hybridized carbons (Fsp3) is 0.571. The summed E-state index contributed by atoms with van der Waals surface area (Å²) in [7, 11) is 0. The first-order valence-corrected chi connectivity index (χ1v) is 6.45. The molecule has 0 radical (unpaired) electrons. The summed E-state index contributed by atoms with van der Waals surface area (Å²) in [5.74, 6) is 0.910. The van der Waals surface area contributed by atoms with Gasteiger partial charge in [0.1, 0.15) is 5.75 Å². The highest BCUT2D eigenvalue weighted by Crippen LogP contribution is 2.19. The van der Waals surface area contributed by atoms with E-state index >= 15 is 0 Å². The van der Waals surface area contributed by atoms with E-state index in [-0.39, 0.29) is 6.61 Å². The number of hydrogen-bond donors (Lipinski definition) is 2. The molecule has 2 N–H and O–H groups in total. The molecular weight excluding hydrogens is 214 g/mol. The second-order valence-electron chi connectivity index (χ2n) is 4.51. The SMILES string of the molecule is OCCc1ccccc1OCCCNC1CC1. The second kappa shape index (κ2) is 6.62.